The average molecular weight is 427 g/mol. The Morgan fingerprint density at radius 1 is 1.14 bits per heavy atom. The van der Waals surface area contributed by atoms with Gasteiger partial charge in [0.25, 0.3) is 0 Å². The number of aromatic nitrogens is 1. The van der Waals surface area contributed by atoms with Crippen LogP contribution in [0.5, 0.6) is 5.75 Å². The van der Waals surface area contributed by atoms with Crippen LogP contribution in [-0.2, 0) is 15.8 Å². The summed E-state index contributed by atoms with van der Waals surface area (Å²) >= 11 is 1.31. The summed E-state index contributed by atoms with van der Waals surface area (Å²) in [5, 5.41) is 5.42. The molecule has 4 rings (SSSR count). The maximum atomic E-state index is 12.2. The Labute approximate surface area is 162 Å². The monoisotopic (exact) mass is 427 g/mol. The molecule has 0 saturated heterocycles. The summed E-state index contributed by atoms with van der Waals surface area (Å²) < 4.78 is 66.2. The van der Waals surface area contributed by atoms with Crippen LogP contribution in [0.2, 0.25) is 0 Å². The van der Waals surface area contributed by atoms with E-state index < -0.39 is 16.4 Å². The predicted molar refractivity (Wildman–Crippen MR) is 100 cm³/mol. The average Bonchev–Trinajstić information content (AvgIpc) is 3.16. The molecule has 0 saturated carbocycles. The van der Waals surface area contributed by atoms with Gasteiger partial charge < -0.3 is 10.1 Å². The van der Waals surface area contributed by atoms with E-state index >= 15 is 0 Å². The fourth-order valence-corrected chi connectivity index (χ4v) is 4.70. The Balaban J connectivity index is 1.48. The number of rotatable bonds is 4. The number of nitrogens with one attached hydrogen (secondary N) is 2. The van der Waals surface area contributed by atoms with Gasteiger partial charge in [0.1, 0.15) is 5.75 Å². The molecule has 0 atom stereocenters. The predicted octanol–water partition coefficient (Wildman–Crippen LogP) is 4.71. The van der Waals surface area contributed by atoms with Crippen molar-refractivity contribution in [2.24, 2.45) is 0 Å². The van der Waals surface area contributed by atoms with E-state index in [0.29, 0.717) is 33.3 Å². The first-order chi connectivity index (χ1) is 13.2. The van der Waals surface area contributed by atoms with Crippen LogP contribution >= 0.6 is 11.3 Å². The zero-order chi connectivity index (χ0) is 19.9. The van der Waals surface area contributed by atoms with Crippen molar-refractivity contribution < 1.29 is 26.3 Å². The number of benzene rings is 2. The van der Waals surface area contributed by atoms with Gasteiger partial charge in [-0.3, -0.25) is 4.72 Å². The fourth-order valence-electron chi connectivity index (χ4n) is 2.70. The van der Waals surface area contributed by atoms with Crippen molar-refractivity contribution in [3.8, 4) is 17.0 Å². The van der Waals surface area contributed by atoms with Crippen molar-refractivity contribution in [3.63, 3.8) is 0 Å². The second-order valence-corrected chi connectivity index (χ2v) is 8.55. The Hall–Kier alpha value is -2.79. The first-order valence-electron chi connectivity index (χ1n) is 7.89. The van der Waals surface area contributed by atoms with E-state index in [9.17, 15) is 21.6 Å². The van der Waals surface area contributed by atoms with Gasteiger partial charge in [-0.2, -0.15) is 0 Å². The molecule has 2 heterocycles. The molecule has 0 radical (unpaired) electrons. The van der Waals surface area contributed by atoms with Gasteiger partial charge in [0.15, 0.2) is 5.13 Å². The molecule has 6 nitrogen and oxygen atoms in total. The van der Waals surface area contributed by atoms with Crippen molar-refractivity contribution in [2.45, 2.75) is 12.1 Å². The number of ether oxygens (including phenoxy) is 1. The normalized spacial score (nSPS) is 15.0. The first-order valence-corrected chi connectivity index (χ1v) is 10.4. The molecular weight excluding hydrogens is 415 g/mol. The molecule has 1 aliphatic heterocycles. The number of hydrogen-bond acceptors (Lipinski definition) is 6. The molecule has 146 valence electrons. The third-order valence-corrected chi connectivity index (χ3v) is 5.84. The Kier molecular flexibility index (Phi) is 4.42. The molecule has 1 aromatic heterocycles. The summed E-state index contributed by atoms with van der Waals surface area (Å²) in [6, 6.07) is 10.6. The molecular formula is C17H12F3N3O3S2. The number of thiazole rings is 1. The van der Waals surface area contributed by atoms with Crippen molar-refractivity contribution in [1.82, 2.24) is 4.98 Å². The minimum Gasteiger partial charge on any atom is -0.406 e. The number of nitrogens with zero attached hydrogens (tertiary/aromatic N) is 1. The molecule has 11 heteroatoms. The summed E-state index contributed by atoms with van der Waals surface area (Å²) in [7, 11) is -3.31. The van der Waals surface area contributed by atoms with Gasteiger partial charge in [-0.1, -0.05) is 6.07 Å². The van der Waals surface area contributed by atoms with Crippen LogP contribution in [0.15, 0.2) is 47.8 Å². The molecule has 0 amide bonds. The van der Waals surface area contributed by atoms with E-state index in [4.69, 9.17) is 0 Å². The SMILES string of the molecule is O=S1(=O)Cc2ccc(Nc3nc(-c4ccc(OC(F)(F)F)cc4)cs3)cc2N1. The highest BCUT2D eigenvalue weighted by Gasteiger charge is 2.31. The first kappa shape index (κ1) is 18.6. The van der Waals surface area contributed by atoms with E-state index in [-0.39, 0.29) is 11.5 Å². The van der Waals surface area contributed by atoms with Gasteiger partial charge in [-0.05, 0) is 42.0 Å². The topological polar surface area (TPSA) is 80.3 Å². The number of sulfonamides is 1. The summed E-state index contributed by atoms with van der Waals surface area (Å²) in [5.41, 5.74) is 3.13. The second kappa shape index (κ2) is 6.67. The number of hydrogen-bond donors (Lipinski definition) is 2. The van der Waals surface area contributed by atoms with Crippen LogP contribution in [0.1, 0.15) is 5.56 Å². The van der Waals surface area contributed by atoms with E-state index in [1.165, 1.54) is 35.6 Å². The molecule has 0 bridgehead atoms. The van der Waals surface area contributed by atoms with Crippen molar-refractivity contribution in [2.75, 3.05) is 10.0 Å². The smallest absolute Gasteiger partial charge is 0.406 e. The van der Waals surface area contributed by atoms with Crippen molar-refractivity contribution in [3.05, 3.63) is 53.4 Å². The van der Waals surface area contributed by atoms with Crippen LogP contribution in [-0.4, -0.2) is 19.8 Å². The second-order valence-electron chi connectivity index (χ2n) is 5.97. The maximum Gasteiger partial charge on any atom is 0.573 e. The minimum atomic E-state index is -4.73. The van der Waals surface area contributed by atoms with E-state index in [1.54, 1.807) is 23.6 Å². The fraction of sp³-hybridized carbons (Fsp3) is 0.118. The van der Waals surface area contributed by atoms with Gasteiger partial charge in [-0.15, -0.1) is 24.5 Å². The number of alkyl halides is 3. The summed E-state index contributed by atoms with van der Waals surface area (Å²) in [5.74, 6) is -0.344. The largest absolute Gasteiger partial charge is 0.573 e. The minimum absolute atomic E-state index is 0.0436. The maximum absolute atomic E-state index is 12.2. The lowest BCUT2D eigenvalue weighted by molar-refractivity contribution is -0.274. The van der Waals surface area contributed by atoms with Crippen molar-refractivity contribution >= 4 is 37.9 Å². The third-order valence-electron chi connectivity index (χ3n) is 3.86. The van der Waals surface area contributed by atoms with Crippen molar-refractivity contribution in [1.29, 1.82) is 0 Å². The van der Waals surface area contributed by atoms with E-state index in [0.717, 1.165) is 0 Å². The molecule has 3 aromatic rings. The summed E-state index contributed by atoms with van der Waals surface area (Å²) in [6.07, 6.45) is -4.73. The lowest BCUT2D eigenvalue weighted by Crippen LogP contribution is -2.16. The lowest BCUT2D eigenvalue weighted by atomic mass is 10.2. The third kappa shape index (κ3) is 4.20. The number of fused-ring (bicyclic) bond motifs is 1. The molecule has 0 spiro atoms. The summed E-state index contributed by atoms with van der Waals surface area (Å²) in [6.45, 7) is 0. The molecule has 0 unspecified atom stereocenters. The van der Waals surface area contributed by atoms with Crippen LogP contribution in [0.4, 0.5) is 29.7 Å². The molecule has 2 N–H and O–H groups in total. The highest BCUT2D eigenvalue weighted by atomic mass is 32.2. The zero-order valence-electron chi connectivity index (χ0n) is 13.9. The summed E-state index contributed by atoms with van der Waals surface area (Å²) in [4.78, 5) is 4.41. The quantitative estimate of drug-likeness (QED) is 0.631. The van der Waals surface area contributed by atoms with Gasteiger partial charge in [0.05, 0.1) is 17.1 Å². The lowest BCUT2D eigenvalue weighted by Gasteiger charge is -2.08. The van der Waals surface area contributed by atoms with Crippen LogP contribution in [0.25, 0.3) is 11.3 Å². The van der Waals surface area contributed by atoms with Crippen LogP contribution in [0, 0.1) is 0 Å². The molecule has 0 aliphatic carbocycles. The van der Waals surface area contributed by atoms with Crippen LogP contribution < -0.4 is 14.8 Å². The molecule has 1 aliphatic rings. The Morgan fingerprint density at radius 2 is 1.89 bits per heavy atom. The van der Waals surface area contributed by atoms with Gasteiger partial charge >= 0.3 is 6.36 Å². The molecule has 28 heavy (non-hydrogen) atoms. The Morgan fingerprint density at radius 3 is 2.61 bits per heavy atom. The van der Waals surface area contributed by atoms with Gasteiger partial charge in [0.2, 0.25) is 10.0 Å². The molecule has 2 aromatic carbocycles. The van der Waals surface area contributed by atoms with E-state index in [2.05, 4.69) is 19.8 Å². The van der Waals surface area contributed by atoms with E-state index in [1.807, 2.05) is 0 Å². The number of anilines is 3. The van der Waals surface area contributed by atoms with Gasteiger partial charge in [0, 0.05) is 16.6 Å². The number of halogens is 3. The van der Waals surface area contributed by atoms with Crippen LogP contribution in [0.3, 0.4) is 0 Å². The van der Waals surface area contributed by atoms with Gasteiger partial charge in [-0.25, -0.2) is 13.4 Å². The standard InChI is InChI=1S/C17H12F3N3O3S2/c18-17(19,20)26-13-5-2-10(3-6-13)15-8-27-16(22-15)21-12-4-1-11-9-28(24,25)23-14(11)7-12/h1-8,23H,9H2,(H,21,22). The Bertz CT molecular complexity index is 1130. The zero-order valence-corrected chi connectivity index (χ0v) is 15.6. The highest BCUT2D eigenvalue weighted by Crippen LogP contribution is 2.33. The molecule has 0 fully saturated rings. The highest BCUT2D eigenvalue weighted by molar-refractivity contribution is 7.92.